The number of rotatable bonds is 12. The van der Waals surface area contributed by atoms with Gasteiger partial charge in [-0.2, -0.15) is 0 Å². The maximum absolute atomic E-state index is 12.5. The van der Waals surface area contributed by atoms with Crippen LogP contribution in [0.1, 0.15) is 36.8 Å². The Labute approximate surface area is 195 Å². The molecule has 2 amide bonds. The lowest BCUT2D eigenvalue weighted by Gasteiger charge is -2.42. The molecule has 3 atom stereocenters. The Morgan fingerprint density at radius 3 is 1.97 bits per heavy atom. The van der Waals surface area contributed by atoms with Crippen LogP contribution in [0.25, 0.3) is 0 Å². The van der Waals surface area contributed by atoms with Crippen molar-refractivity contribution in [3.8, 4) is 0 Å². The number of amides is 2. The molecule has 3 rings (SSSR count). The summed E-state index contributed by atoms with van der Waals surface area (Å²) in [7, 11) is 0. The second-order valence-corrected chi connectivity index (χ2v) is 9.30. The lowest BCUT2D eigenvalue weighted by atomic mass is 9.68. The Kier molecular flexibility index (Phi) is 9.00. The monoisotopic (exact) mass is 452 g/mol. The van der Waals surface area contributed by atoms with Gasteiger partial charge in [0.25, 0.3) is 0 Å². The highest BCUT2D eigenvalue weighted by atomic mass is 16.3. The van der Waals surface area contributed by atoms with E-state index >= 15 is 0 Å². The maximum Gasteiger partial charge on any atom is 0.250 e. The van der Waals surface area contributed by atoms with Crippen LogP contribution < -0.4 is 22.1 Å². The van der Waals surface area contributed by atoms with Gasteiger partial charge in [-0.15, -0.1) is 0 Å². The zero-order chi connectivity index (χ0) is 23.7. The summed E-state index contributed by atoms with van der Waals surface area (Å²) in [4.78, 5) is 24.9. The topological polar surface area (TPSA) is 130 Å². The number of nitrogens with one attached hydrogen (secondary N) is 2. The van der Waals surface area contributed by atoms with E-state index in [1.165, 1.54) is 0 Å². The third-order valence-corrected chi connectivity index (χ3v) is 6.49. The lowest BCUT2D eigenvalue weighted by molar-refractivity contribution is -0.131. The summed E-state index contributed by atoms with van der Waals surface area (Å²) in [6.07, 6.45) is 2.91. The van der Waals surface area contributed by atoms with E-state index in [1.54, 1.807) is 0 Å². The smallest absolute Gasteiger partial charge is 0.250 e. The number of carbonyl (C=O) groups excluding carboxylic acids is 2. The number of aliphatic hydroxyl groups excluding tert-OH is 1. The highest BCUT2D eigenvalue weighted by Gasteiger charge is 2.38. The van der Waals surface area contributed by atoms with Crippen molar-refractivity contribution in [3.63, 3.8) is 0 Å². The Morgan fingerprint density at radius 2 is 1.42 bits per heavy atom. The number of hydrogen-bond donors (Lipinski definition) is 5. The minimum Gasteiger partial charge on any atom is -0.382 e. The Bertz CT molecular complexity index is 887. The molecule has 2 aromatic rings. The van der Waals surface area contributed by atoms with Crippen LogP contribution in [0, 0.1) is 5.41 Å². The summed E-state index contributed by atoms with van der Waals surface area (Å²) in [6, 6.07) is 18.5. The lowest BCUT2D eigenvalue weighted by Crippen LogP contribution is -2.53. The summed E-state index contributed by atoms with van der Waals surface area (Å²) in [5.74, 6) is -0.554. The van der Waals surface area contributed by atoms with Crippen LogP contribution in [-0.4, -0.2) is 48.2 Å². The van der Waals surface area contributed by atoms with Gasteiger partial charge in [-0.1, -0.05) is 67.1 Å². The summed E-state index contributed by atoms with van der Waals surface area (Å²) in [6.45, 7) is 0.883. The van der Waals surface area contributed by atoms with E-state index in [2.05, 4.69) is 10.6 Å². The average Bonchev–Trinajstić information content (AvgIpc) is 2.78. The Hall–Kier alpha value is -2.74. The van der Waals surface area contributed by atoms with Gasteiger partial charge in [-0.25, -0.2) is 0 Å². The number of hydrogen-bond acceptors (Lipinski definition) is 5. The summed E-state index contributed by atoms with van der Waals surface area (Å²) < 4.78 is 0. The van der Waals surface area contributed by atoms with Crippen LogP contribution >= 0.6 is 0 Å². The van der Waals surface area contributed by atoms with Crippen LogP contribution in [-0.2, 0) is 22.4 Å². The average molecular weight is 453 g/mol. The molecule has 7 nitrogen and oxygen atoms in total. The molecule has 3 unspecified atom stereocenters. The van der Waals surface area contributed by atoms with E-state index in [4.69, 9.17) is 11.5 Å². The fourth-order valence-electron chi connectivity index (χ4n) is 4.25. The van der Waals surface area contributed by atoms with Gasteiger partial charge < -0.3 is 27.2 Å². The van der Waals surface area contributed by atoms with Crippen molar-refractivity contribution < 1.29 is 14.7 Å². The third kappa shape index (κ3) is 7.67. The van der Waals surface area contributed by atoms with Gasteiger partial charge in [-0.3, -0.25) is 9.59 Å². The zero-order valence-electron chi connectivity index (χ0n) is 19.1. The van der Waals surface area contributed by atoms with Gasteiger partial charge in [0.1, 0.15) is 6.10 Å². The van der Waals surface area contributed by atoms with Crippen LogP contribution in [0.5, 0.6) is 0 Å². The summed E-state index contributed by atoms with van der Waals surface area (Å²) >= 11 is 0. The zero-order valence-corrected chi connectivity index (χ0v) is 19.1. The molecular weight excluding hydrogens is 416 g/mol. The van der Waals surface area contributed by atoms with Crippen molar-refractivity contribution in [2.45, 2.75) is 56.7 Å². The molecule has 33 heavy (non-hydrogen) atoms. The molecule has 0 bridgehead atoms. The van der Waals surface area contributed by atoms with Crippen molar-refractivity contribution >= 4 is 11.8 Å². The van der Waals surface area contributed by atoms with Gasteiger partial charge in [0.05, 0.1) is 0 Å². The van der Waals surface area contributed by atoms with Crippen molar-refractivity contribution in [2.24, 2.45) is 16.9 Å². The predicted octanol–water partition coefficient (Wildman–Crippen LogP) is 1.28. The van der Waals surface area contributed by atoms with Gasteiger partial charge in [0, 0.05) is 37.0 Å². The largest absolute Gasteiger partial charge is 0.382 e. The number of aliphatic hydroxyl groups is 1. The van der Waals surface area contributed by atoms with Crippen molar-refractivity contribution in [1.82, 2.24) is 10.6 Å². The molecule has 0 aliphatic heterocycles. The first-order valence-corrected chi connectivity index (χ1v) is 11.7. The Morgan fingerprint density at radius 1 is 0.879 bits per heavy atom. The first-order valence-electron chi connectivity index (χ1n) is 11.7. The predicted molar refractivity (Wildman–Crippen MR) is 129 cm³/mol. The molecule has 178 valence electrons. The molecule has 0 radical (unpaired) electrons. The minimum absolute atomic E-state index is 0.0825. The highest BCUT2D eigenvalue weighted by Crippen LogP contribution is 2.39. The van der Waals surface area contributed by atoms with Gasteiger partial charge >= 0.3 is 0 Å². The van der Waals surface area contributed by atoms with Gasteiger partial charge in [0.15, 0.2) is 0 Å². The fraction of sp³-hybridized carbons (Fsp3) is 0.462. The standard InChI is InChI=1S/C26H36N4O3/c27-21(14-19-8-3-1-4-9-19)16-23(31)29-17-26(12-7-13-26)18-30-25(33)24(32)22(28)15-20-10-5-2-6-11-20/h1-6,8-11,21-22,24,32H,7,12-18,27-28H2,(H,29,31)(H,30,33). The number of nitrogens with two attached hydrogens (primary N) is 2. The van der Waals surface area contributed by atoms with Crippen LogP contribution in [0.15, 0.2) is 60.7 Å². The van der Waals surface area contributed by atoms with E-state index in [-0.39, 0.29) is 23.8 Å². The van der Waals surface area contributed by atoms with Crippen molar-refractivity contribution in [2.75, 3.05) is 13.1 Å². The molecule has 0 aromatic heterocycles. The third-order valence-electron chi connectivity index (χ3n) is 6.49. The summed E-state index contributed by atoms with van der Waals surface area (Å²) in [5.41, 5.74) is 14.1. The quantitative estimate of drug-likeness (QED) is 0.331. The second-order valence-electron chi connectivity index (χ2n) is 9.30. The SMILES string of the molecule is NC(CC(=O)NCC1(CNC(=O)C(O)C(N)Cc2ccccc2)CCC1)Cc1ccccc1. The molecule has 0 saturated heterocycles. The highest BCUT2D eigenvalue weighted by molar-refractivity contribution is 5.81. The van der Waals surface area contributed by atoms with Gasteiger partial charge in [0.2, 0.25) is 11.8 Å². The van der Waals surface area contributed by atoms with Crippen molar-refractivity contribution in [1.29, 1.82) is 0 Å². The first-order chi connectivity index (χ1) is 15.9. The molecule has 2 aromatic carbocycles. The van der Waals surface area contributed by atoms with E-state index in [0.717, 1.165) is 30.4 Å². The van der Waals surface area contributed by atoms with E-state index < -0.39 is 18.1 Å². The minimum atomic E-state index is -1.28. The molecular formula is C26H36N4O3. The summed E-state index contributed by atoms with van der Waals surface area (Å²) in [5, 5.41) is 16.2. The second kappa shape index (κ2) is 11.9. The fourth-order valence-corrected chi connectivity index (χ4v) is 4.25. The first kappa shape index (κ1) is 24.9. The maximum atomic E-state index is 12.5. The molecule has 7 heteroatoms. The molecule has 0 spiro atoms. The molecule has 1 fully saturated rings. The van der Waals surface area contributed by atoms with E-state index in [1.807, 2.05) is 60.7 Å². The van der Waals surface area contributed by atoms with Crippen LogP contribution in [0.4, 0.5) is 0 Å². The van der Waals surface area contributed by atoms with Crippen LogP contribution in [0.3, 0.4) is 0 Å². The van der Waals surface area contributed by atoms with Crippen LogP contribution in [0.2, 0.25) is 0 Å². The van der Waals surface area contributed by atoms with Crippen molar-refractivity contribution in [3.05, 3.63) is 71.8 Å². The Balaban J connectivity index is 1.40. The molecule has 1 saturated carbocycles. The van der Waals surface area contributed by atoms with E-state index in [9.17, 15) is 14.7 Å². The van der Waals surface area contributed by atoms with E-state index in [0.29, 0.717) is 25.9 Å². The van der Waals surface area contributed by atoms with Gasteiger partial charge in [-0.05, 0) is 36.8 Å². The normalized spacial score (nSPS) is 17.3. The molecule has 0 heterocycles. The molecule has 1 aliphatic rings. The number of benzene rings is 2. The number of carbonyl (C=O) groups is 2. The molecule has 1 aliphatic carbocycles. The molecule has 7 N–H and O–H groups in total.